The molecule has 1 aliphatic rings. The van der Waals surface area contributed by atoms with Crippen LogP contribution in [0.1, 0.15) is 30.0 Å². The zero-order chi connectivity index (χ0) is 14.8. The minimum atomic E-state index is -0.235. The van der Waals surface area contributed by atoms with Crippen LogP contribution < -0.4 is 10.1 Å². The van der Waals surface area contributed by atoms with Gasteiger partial charge in [-0.05, 0) is 76.7 Å². The molecular formula is C17H17BrFNO. The second kappa shape index (κ2) is 6.06. The van der Waals surface area contributed by atoms with Crippen molar-refractivity contribution in [3.05, 3.63) is 57.8 Å². The smallest absolute Gasteiger partial charge is 0.124 e. The van der Waals surface area contributed by atoms with Crippen molar-refractivity contribution in [2.75, 3.05) is 12.4 Å². The molecular weight excluding hydrogens is 333 g/mol. The van der Waals surface area contributed by atoms with Gasteiger partial charge in [0.1, 0.15) is 11.6 Å². The molecule has 110 valence electrons. The van der Waals surface area contributed by atoms with Crippen LogP contribution in [0.4, 0.5) is 10.1 Å². The van der Waals surface area contributed by atoms with Gasteiger partial charge in [0.15, 0.2) is 0 Å². The molecule has 0 amide bonds. The van der Waals surface area contributed by atoms with E-state index in [-0.39, 0.29) is 11.9 Å². The monoisotopic (exact) mass is 349 g/mol. The van der Waals surface area contributed by atoms with Gasteiger partial charge in [0.2, 0.25) is 0 Å². The topological polar surface area (TPSA) is 21.3 Å². The molecule has 0 heterocycles. The third kappa shape index (κ3) is 3.05. The van der Waals surface area contributed by atoms with E-state index in [1.54, 1.807) is 13.2 Å². The Hall–Kier alpha value is -1.55. The SMILES string of the molecule is COc1ccc2c(c1)CCCC2Nc1ccc(F)cc1Br. The Morgan fingerprint density at radius 1 is 1.24 bits per heavy atom. The van der Waals surface area contributed by atoms with Gasteiger partial charge in [0.05, 0.1) is 13.2 Å². The molecule has 0 fully saturated rings. The summed E-state index contributed by atoms with van der Waals surface area (Å²) in [7, 11) is 1.69. The van der Waals surface area contributed by atoms with Crippen molar-refractivity contribution in [1.82, 2.24) is 0 Å². The molecule has 1 unspecified atom stereocenters. The molecule has 0 saturated heterocycles. The van der Waals surface area contributed by atoms with Crippen molar-refractivity contribution in [2.24, 2.45) is 0 Å². The van der Waals surface area contributed by atoms with Gasteiger partial charge in [-0.2, -0.15) is 0 Å². The molecule has 0 bridgehead atoms. The summed E-state index contributed by atoms with van der Waals surface area (Å²) in [5.41, 5.74) is 3.56. The van der Waals surface area contributed by atoms with Crippen molar-refractivity contribution in [3.63, 3.8) is 0 Å². The Bertz CT molecular complexity index is 659. The summed E-state index contributed by atoms with van der Waals surface area (Å²) in [4.78, 5) is 0. The lowest BCUT2D eigenvalue weighted by Gasteiger charge is -2.28. The van der Waals surface area contributed by atoms with Crippen molar-refractivity contribution < 1.29 is 9.13 Å². The zero-order valence-corrected chi connectivity index (χ0v) is 13.4. The van der Waals surface area contributed by atoms with Crippen LogP contribution in [-0.4, -0.2) is 7.11 Å². The van der Waals surface area contributed by atoms with Crippen LogP contribution >= 0.6 is 15.9 Å². The molecule has 2 aromatic carbocycles. The van der Waals surface area contributed by atoms with Crippen molar-refractivity contribution in [2.45, 2.75) is 25.3 Å². The maximum Gasteiger partial charge on any atom is 0.124 e. The van der Waals surface area contributed by atoms with Crippen molar-refractivity contribution in [1.29, 1.82) is 0 Å². The van der Waals surface area contributed by atoms with Gasteiger partial charge in [-0.15, -0.1) is 0 Å². The number of anilines is 1. The molecule has 4 heteroatoms. The average Bonchev–Trinajstić information content (AvgIpc) is 2.49. The fraction of sp³-hybridized carbons (Fsp3) is 0.294. The highest BCUT2D eigenvalue weighted by Gasteiger charge is 2.21. The zero-order valence-electron chi connectivity index (χ0n) is 11.8. The van der Waals surface area contributed by atoms with Gasteiger partial charge >= 0.3 is 0 Å². The molecule has 0 aromatic heterocycles. The second-order valence-corrected chi connectivity index (χ2v) is 6.13. The minimum absolute atomic E-state index is 0.235. The Kier molecular flexibility index (Phi) is 4.15. The second-order valence-electron chi connectivity index (χ2n) is 5.28. The van der Waals surface area contributed by atoms with E-state index >= 15 is 0 Å². The molecule has 1 atom stereocenters. The lowest BCUT2D eigenvalue weighted by atomic mass is 9.87. The lowest BCUT2D eigenvalue weighted by molar-refractivity contribution is 0.413. The predicted molar refractivity (Wildman–Crippen MR) is 86.4 cm³/mol. The van der Waals surface area contributed by atoms with Crippen LogP contribution in [0.3, 0.4) is 0 Å². The van der Waals surface area contributed by atoms with E-state index in [4.69, 9.17) is 4.74 Å². The first-order valence-electron chi connectivity index (χ1n) is 7.06. The van der Waals surface area contributed by atoms with Crippen LogP contribution in [0.25, 0.3) is 0 Å². The highest BCUT2D eigenvalue weighted by Crippen LogP contribution is 2.36. The normalized spacial score (nSPS) is 17.2. The number of hydrogen-bond acceptors (Lipinski definition) is 2. The molecule has 2 nitrogen and oxygen atoms in total. The van der Waals surface area contributed by atoms with Gasteiger partial charge in [0, 0.05) is 10.2 Å². The average molecular weight is 350 g/mol. The molecule has 0 spiro atoms. The Morgan fingerprint density at radius 3 is 2.86 bits per heavy atom. The first-order valence-corrected chi connectivity index (χ1v) is 7.85. The molecule has 1 aliphatic carbocycles. The molecule has 0 radical (unpaired) electrons. The van der Waals surface area contributed by atoms with Gasteiger partial charge < -0.3 is 10.1 Å². The highest BCUT2D eigenvalue weighted by atomic mass is 79.9. The van der Waals surface area contributed by atoms with Gasteiger partial charge in [-0.3, -0.25) is 0 Å². The van der Waals surface area contributed by atoms with E-state index < -0.39 is 0 Å². The van der Waals surface area contributed by atoms with E-state index in [2.05, 4.69) is 33.4 Å². The van der Waals surface area contributed by atoms with E-state index in [9.17, 15) is 4.39 Å². The van der Waals surface area contributed by atoms with Crippen LogP contribution in [0.15, 0.2) is 40.9 Å². The fourth-order valence-corrected chi connectivity index (χ4v) is 3.33. The molecule has 0 aliphatic heterocycles. The summed E-state index contributed by atoms with van der Waals surface area (Å²) in [5.74, 6) is 0.665. The minimum Gasteiger partial charge on any atom is -0.497 e. The van der Waals surface area contributed by atoms with E-state index in [1.165, 1.54) is 23.3 Å². The first kappa shape index (κ1) is 14.4. The number of methoxy groups -OCH3 is 1. The van der Waals surface area contributed by atoms with Crippen LogP contribution in [-0.2, 0) is 6.42 Å². The first-order chi connectivity index (χ1) is 10.2. The largest absolute Gasteiger partial charge is 0.497 e. The Morgan fingerprint density at radius 2 is 2.10 bits per heavy atom. The van der Waals surface area contributed by atoms with Gasteiger partial charge in [0.25, 0.3) is 0 Å². The predicted octanol–water partition coefficient (Wildman–Crippen LogP) is 5.09. The summed E-state index contributed by atoms with van der Waals surface area (Å²) in [6.45, 7) is 0. The number of halogens is 2. The molecule has 0 saturated carbocycles. The molecule has 2 aromatic rings. The number of benzene rings is 2. The maximum absolute atomic E-state index is 13.2. The summed E-state index contributed by atoms with van der Waals surface area (Å²) in [6.07, 6.45) is 3.29. The summed E-state index contributed by atoms with van der Waals surface area (Å²) in [6, 6.07) is 11.2. The maximum atomic E-state index is 13.2. The standard InChI is InChI=1S/C17H17BrFNO/c1-21-13-6-7-14-11(9-13)3-2-4-16(14)20-17-8-5-12(19)10-15(17)18/h5-10,16,20H,2-4H2,1H3. The molecule has 21 heavy (non-hydrogen) atoms. The Balaban J connectivity index is 1.88. The van der Waals surface area contributed by atoms with E-state index in [0.29, 0.717) is 0 Å². The molecule has 1 N–H and O–H groups in total. The lowest BCUT2D eigenvalue weighted by Crippen LogP contribution is -2.17. The van der Waals surface area contributed by atoms with Gasteiger partial charge in [-0.1, -0.05) is 6.07 Å². The number of aryl methyl sites for hydroxylation is 1. The van der Waals surface area contributed by atoms with Crippen LogP contribution in [0, 0.1) is 5.82 Å². The van der Waals surface area contributed by atoms with E-state index in [0.717, 1.165) is 35.2 Å². The molecule has 3 rings (SSSR count). The summed E-state index contributed by atoms with van der Waals surface area (Å²) >= 11 is 3.41. The summed E-state index contributed by atoms with van der Waals surface area (Å²) in [5, 5.41) is 3.52. The number of hydrogen-bond donors (Lipinski definition) is 1. The fourth-order valence-electron chi connectivity index (χ4n) is 2.86. The van der Waals surface area contributed by atoms with Crippen LogP contribution in [0.5, 0.6) is 5.75 Å². The third-order valence-corrected chi connectivity index (χ3v) is 4.58. The number of rotatable bonds is 3. The quantitative estimate of drug-likeness (QED) is 0.833. The summed E-state index contributed by atoms with van der Waals surface area (Å²) < 4.78 is 19.2. The van der Waals surface area contributed by atoms with Crippen molar-refractivity contribution >= 4 is 21.6 Å². The van der Waals surface area contributed by atoms with Crippen molar-refractivity contribution in [3.8, 4) is 5.75 Å². The number of nitrogens with one attached hydrogen (secondary N) is 1. The highest BCUT2D eigenvalue weighted by molar-refractivity contribution is 9.10. The Labute approximate surface area is 132 Å². The number of fused-ring (bicyclic) bond motifs is 1. The van der Waals surface area contributed by atoms with Gasteiger partial charge in [-0.25, -0.2) is 4.39 Å². The third-order valence-electron chi connectivity index (χ3n) is 3.93. The van der Waals surface area contributed by atoms with E-state index in [1.807, 2.05) is 6.07 Å². The number of ether oxygens (including phenoxy) is 1. The van der Waals surface area contributed by atoms with Crippen LogP contribution in [0.2, 0.25) is 0 Å².